The van der Waals surface area contributed by atoms with Crippen LogP contribution in [-0.4, -0.2) is 10.9 Å². The number of benzene rings is 2. The molecule has 0 atom stereocenters. The number of nitrogens with zero attached hydrogens (tertiary/aromatic N) is 1. The molecule has 3 aromatic rings. The number of hydrogen-bond acceptors (Lipinski definition) is 3. The van der Waals surface area contributed by atoms with E-state index in [1.165, 1.54) is 18.2 Å². The van der Waals surface area contributed by atoms with Crippen LogP contribution in [0.3, 0.4) is 0 Å². The lowest BCUT2D eigenvalue weighted by Gasteiger charge is -2.04. The number of carbonyl (C=O) groups is 1. The van der Waals surface area contributed by atoms with Crippen LogP contribution in [0.4, 0.5) is 22.7 Å². The second-order valence-electron chi connectivity index (χ2n) is 4.31. The maximum absolute atomic E-state index is 13.5. The molecular weight excluding hydrogens is 320 g/mol. The van der Waals surface area contributed by atoms with Gasteiger partial charge >= 0.3 is 0 Å². The van der Waals surface area contributed by atoms with E-state index in [4.69, 9.17) is 0 Å². The lowest BCUT2D eigenvalue weighted by Crippen LogP contribution is -2.15. The lowest BCUT2D eigenvalue weighted by molar-refractivity contribution is 0.102. The largest absolute Gasteiger partial charge is 0.298 e. The maximum atomic E-state index is 13.5. The highest BCUT2D eigenvalue weighted by molar-refractivity contribution is 7.22. The third kappa shape index (κ3) is 2.52. The minimum Gasteiger partial charge on any atom is -0.298 e. The number of thiazole rings is 1. The average Bonchev–Trinajstić information content (AvgIpc) is 2.86. The number of amides is 1. The van der Waals surface area contributed by atoms with Crippen molar-refractivity contribution in [2.24, 2.45) is 0 Å². The molecule has 0 saturated carbocycles. The highest BCUT2D eigenvalue weighted by atomic mass is 32.1. The summed E-state index contributed by atoms with van der Waals surface area (Å²) >= 11 is 0.974. The highest BCUT2D eigenvalue weighted by Gasteiger charge is 2.19. The van der Waals surface area contributed by atoms with Crippen molar-refractivity contribution in [1.82, 2.24) is 4.98 Å². The van der Waals surface area contributed by atoms with E-state index in [2.05, 4.69) is 10.3 Å². The van der Waals surface area contributed by atoms with E-state index in [9.17, 15) is 22.4 Å². The fourth-order valence-corrected chi connectivity index (χ4v) is 2.70. The van der Waals surface area contributed by atoms with Crippen LogP contribution in [-0.2, 0) is 0 Å². The standard InChI is InChI=1S/C14H6F4N2OS/c15-6-1-4-9-10(5-6)22-14(19-9)20-13(21)7-2-3-8(16)12(18)11(7)17/h1-5H,(H,19,20,21). The number of halogens is 4. The molecule has 3 rings (SSSR count). The van der Waals surface area contributed by atoms with Gasteiger partial charge in [-0.1, -0.05) is 11.3 Å². The predicted octanol–water partition coefficient (Wildman–Crippen LogP) is 4.11. The number of fused-ring (bicyclic) bond motifs is 1. The van der Waals surface area contributed by atoms with Crippen molar-refractivity contribution in [3.63, 3.8) is 0 Å². The van der Waals surface area contributed by atoms with E-state index in [0.717, 1.165) is 17.4 Å². The summed E-state index contributed by atoms with van der Waals surface area (Å²) in [4.78, 5) is 15.9. The SMILES string of the molecule is O=C(Nc1nc2ccc(F)cc2s1)c1ccc(F)c(F)c1F. The van der Waals surface area contributed by atoms with Gasteiger partial charge in [0.15, 0.2) is 22.6 Å². The lowest BCUT2D eigenvalue weighted by atomic mass is 10.2. The van der Waals surface area contributed by atoms with Crippen LogP contribution >= 0.6 is 11.3 Å². The van der Waals surface area contributed by atoms with E-state index in [1.807, 2.05) is 0 Å². The molecule has 1 N–H and O–H groups in total. The van der Waals surface area contributed by atoms with Crippen LogP contribution in [0.2, 0.25) is 0 Å². The molecule has 0 bridgehead atoms. The zero-order valence-corrected chi connectivity index (χ0v) is 11.5. The molecule has 8 heteroatoms. The zero-order chi connectivity index (χ0) is 15.9. The third-order valence-corrected chi connectivity index (χ3v) is 3.78. The first kappa shape index (κ1) is 14.5. The quantitative estimate of drug-likeness (QED) is 0.569. The number of rotatable bonds is 2. The van der Waals surface area contributed by atoms with Crippen LogP contribution in [0.15, 0.2) is 30.3 Å². The molecule has 0 aliphatic carbocycles. The second-order valence-corrected chi connectivity index (χ2v) is 5.34. The van der Waals surface area contributed by atoms with Crippen LogP contribution < -0.4 is 5.32 Å². The molecule has 0 fully saturated rings. The summed E-state index contributed by atoms with van der Waals surface area (Å²) < 4.78 is 53.0. The molecule has 112 valence electrons. The number of carbonyl (C=O) groups excluding carboxylic acids is 1. The molecule has 0 unspecified atom stereocenters. The Labute approximate surface area is 125 Å². The van der Waals surface area contributed by atoms with Crippen LogP contribution in [0.1, 0.15) is 10.4 Å². The minimum absolute atomic E-state index is 0.0923. The van der Waals surface area contributed by atoms with Gasteiger partial charge < -0.3 is 0 Å². The Balaban J connectivity index is 1.91. The monoisotopic (exact) mass is 326 g/mol. The molecular formula is C14H6F4N2OS. The molecule has 22 heavy (non-hydrogen) atoms. The molecule has 0 aliphatic heterocycles. The normalized spacial score (nSPS) is 10.9. The van der Waals surface area contributed by atoms with E-state index in [-0.39, 0.29) is 5.13 Å². The number of anilines is 1. The Kier molecular flexibility index (Phi) is 3.53. The van der Waals surface area contributed by atoms with Gasteiger partial charge in [0.2, 0.25) is 0 Å². The topological polar surface area (TPSA) is 42.0 Å². The molecule has 0 aliphatic rings. The molecule has 0 radical (unpaired) electrons. The first-order chi connectivity index (χ1) is 10.5. The fourth-order valence-electron chi connectivity index (χ4n) is 1.82. The van der Waals surface area contributed by atoms with E-state index in [0.29, 0.717) is 16.3 Å². The third-order valence-electron chi connectivity index (χ3n) is 2.85. The van der Waals surface area contributed by atoms with Crippen molar-refractivity contribution < 1.29 is 22.4 Å². The van der Waals surface area contributed by atoms with Crippen molar-refractivity contribution in [1.29, 1.82) is 0 Å². The van der Waals surface area contributed by atoms with Crippen molar-refractivity contribution in [3.8, 4) is 0 Å². The molecule has 0 saturated heterocycles. The Morgan fingerprint density at radius 3 is 2.59 bits per heavy atom. The van der Waals surface area contributed by atoms with Crippen molar-refractivity contribution in [3.05, 3.63) is 59.2 Å². The van der Waals surface area contributed by atoms with E-state index < -0.39 is 34.7 Å². The van der Waals surface area contributed by atoms with Crippen LogP contribution in [0.25, 0.3) is 10.2 Å². The van der Waals surface area contributed by atoms with Crippen molar-refractivity contribution in [2.45, 2.75) is 0 Å². The summed E-state index contributed by atoms with van der Waals surface area (Å²) in [6.45, 7) is 0. The first-order valence-corrected chi connectivity index (χ1v) is 6.78. The number of nitrogens with one attached hydrogen (secondary N) is 1. The molecule has 1 heterocycles. The average molecular weight is 326 g/mol. The summed E-state index contributed by atoms with van der Waals surface area (Å²) in [6.07, 6.45) is 0. The highest BCUT2D eigenvalue weighted by Crippen LogP contribution is 2.27. The summed E-state index contributed by atoms with van der Waals surface area (Å²) in [5, 5.41) is 2.36. The summed E-state index contributed by atoms with van der Waals surface area (Å²) in [6, 6.07) is 5.36. The van der Waals surface area contributed by atoms with Crippen LogP contribution in [0.5, 0.6) is 0 Å². The summed E-state index contributed by atoms with van der Waals surface area (Å²) in [5.74, 6) is -6.12. The predicted molar refractivity (Wildman–Crippen MR) is 73.8 cm³/mol. The fraction of sp³-hybridized carbons (Fsp3) is 0. The van der Waals surface area contributed by atoms with Crippen molar-refractivity contribution >= 4 is 32.6 Å². The van der Waals surface area contributed by atoms with Crippen LogP contribution in [0, 0.1) is 23.3 Å². The molecule has 3 nitrogen and oxygen atoms in total. The van der Waals surface area contributed by atoms with Gasteiger partial charge in [0.05, 0.1) is 15.8 Å². The zero-order valence-electron chi connectivity index (χ0n) is 10.7. The first-order valence-electron chi connectivity index (χ1n) is 5.96. The van der Waals surface area contributed by atoms with Crippen molar-refractivity contribution in [2.75, 3.05) is 5.32 Å². The minimum atomic E-state index is -1.72. The second kappa shape index (κ2) is 5.38. The Hall–Kier alpha value is -2.48. The van der Waals surface area contributed by atoms with Gasteiger partial charge in [-0.2, -0.15) is 0 Å². The van der Waals surface area contributed by atoms with E-state index >= 15 is 0 Å². The molecule has 1 amide bonds. The molecule has 1 aromatic heterocycles. The molecule has 2 aromatic carbocycles. The summed E-state index contributed by atoms with van der Waals surface area (Å²) in [7, 11) is 0. The van der Waals surface area contributed by atoms with Gasteiger partial charge in [0.25, 0.3) is 5.91 Å². The van der Waals surface area contributed by atoms with Gasteiger partial charge in [0, 0.05) is 0 Å². The smallest absolute Gasteiger partial charge is 0.260 e. The number of hydrogen-bond donors (Lipinski definition) is 1. The van der Waals surface area contributed by atoms with E-state index in [1.54, 1.807) is 0 Å². The van der Waals surface area contributed by atoms with Gasteiger partial charge in [-0.15, -0.1) is 0 Å². The molecule has 0 spiro atoms. The Morgan fingerprint density at radius 1 is 1.05 bits per heavy atom. The number of aromatic nitrogens is 1. The Morgan fingerprint density at radius 2 is 1.82 bits per heavy atom. The summed E-state index contributed by atoms with van der Waals surface area (Å²) in [5.41, 5.74) is -0.197. The van der Waals surface area contributed by atoms with Gasteiger partial charge in [0.1, 0.15) is 5.82 Å². The maximum Gasteiger partial charge on any atom is 0.260 e. The van der Waals surface area contributed by atoms with Gasteiger partial charge in [-0.25, -0.2) is 22.5 Å². The van der Waals surface area contributed by atoms with Gasteiger partial charge in [-0.05, 0) is 30.3 Å². The Bertz CT molecular complexity index is 894. The van der Waals surface area contributed by atoms with Gasteiger partial charge in [-0.3, -0.25) is 10.1 Å².